The maximum atomic E-state index is 10.6. The molecule has 0 saturated heterocycles. The van der Waals surface area contributed by atoms with E-state index in [1.807, 2.05) is 42.5 Å². The zero-order valence-corrected chi connectivity index (χ0v) is 11.2. The molecule has 1 N–H and O–H groups in total. The molecule has 0 aliphatic carbocycles. The molecule has 2 nitrogen and oxygen atoms in total. The molecule has 0 unspecified atom stereocenters. The average molecular weight is 276 g/mol. The molecule has 0 saturated carbocycles. The van der Waals surface area contributed by atoms with Crippen LogP contribution < -0.4 is 0 Å². The summed E-state index contributed by atoms with van der Waals surface area (Å²) in [5.41, 5.74) is 0.830. The number of benzene rings is 2. The van der Waals surface area contributed by atoms with Crippen LogP contribution in [0.4, 0.5) is 0 Å². The largest absolute Gasteiger partial charge is 0.481 e. The summed E-state index contributed by atoms with van der Waals surface area (Å²) in [6, 6.07) is 17.8. The highest BCUT2D eigenvalue weighted by Crippen LogP contribution is 2.36. The van der Waals surface area contributed by atoms with Crippen LogP contribution >= 0.6 is 21.6 Å². The van der Waals surface area contributed by atoms with E-state index in [2.05, 4.69) is 12.1 Å². The van der Waals surface area contributed by atoms with E-state index in [1.54, 1.807) is 21.6 Å². The lowest BCUT2D eigenvalue weighted by Gasteiger charge is -2.02. The van der Waals surface area contributed by atoms with Crippen molar-refractivity contribution in [2.45, 2.75) is 16.2 Å². The van der Waals surface area contributed by atoms with Crippen LogP contribution in [0.5, 0.6) is 0 Å². The molecule has 2 aromatic rings. The zero-order chi connectivity index (χ0) is 12.8. The first kappa shape index (κ1) is 13.1. The number of aliphatic carboxylic acids is 1. The molecular weight excluding hydrogens is 264 g/mol. The fourth-order valence-electron chi connectivity index (χ4n) is 1.41. The molecule has 0 spiro atoms. The molecule has 0 aliphatic rings. The minimum Gasteiger partial charge on any atom is -0.481 e. The number of carboxylic acids is 1. The van der Waals surface area contributed by atoms with E-state index in [0.717, 1.165) is 10.5 Å². The predicted octanol–water partition coefficient (Wildman–Crippen LogP) is 4.11. The van der Waals surface area contributed by atoms with E-state index in [4.69, 9.17) is 5.11 Å². The summed E-state index contributed by atoms with van der Waals surface area (Å²) < 4.78 is 0. The SMILES string of the molecule is O=C(O)Cc1ccc(SSc2ccccc2)cc1. The van der Waals surface area contributed by atoms with Crippen LogP contribution in [0.3, 0.4) is 0 Å². The third-order valence-corrected chi connectivity index (χ3v) is 4.67. The Labute approximate surface area is 114 Å². The average Bonchev–Trinajstić information content (AvgIpc) is 2.38. The van der Waals surface area contributed by atoms with Crippen molar-refractivity contribution in [3.63, 3.8) is 0 Å². The van der Waals surface area contributed by atoms with E-state index in [9.17, 15) is 4.79 Å². The van der Waals surface area contributed by atoms with Crippen LogP contribution in [-0.4, -0.2) is 11.1 Å². The highest BCUT2D eigenvalue weighted by atomic mass is 33.1. The molecule has 0 amide bonds. The van der Waals surface area contributed by atoms with Crippen LogP contribution in [0.2, 0.25) is 0 Å². The van der Waals surface area contributed by atoms with Gasteiger partial charge in [0.1, 0.15) is 0 Å². The Morgan fingerprint density at radius 3 is 2.00 bits per heavy atom. The fourth-order valence-corrected chi connectivity index (χ4v) is 3.36. The summed E-state index contributed by atoms with van der Waals surface area (Å²) in [7, 11) is 3.36. The van der Waals surface area contributed by atoms with E-state index in [-0.39, 0.29) is 6.42 Å². The fraction of sp³-hybridized carbons (Fsp3) is 0.0714. The van der Waals surface area contributed by atoms with Gasteiger partial charge in [-0.2, -0.15) is 0 Å². The van der Waals surface area contributed by atoms with Gasteiger partial charge in [-0.15, -0.1) is 0 Å². The van der Waals surface area contributed by atoms with Gasteiger partial charge in [-0.1, -0.05) is 51.9 Å². The molecule has 0 radical (unpaired) electrons. The number of hydrogen-bond acceptors (Lipinski definition) is 3. The number of rotatable bonds is 5. The monoisotopic (exact) mass is 276 g/mol. The number of hydrogen-bond donors (Lipinski definition) is 1. The van der Waals surface area contributed by atoms with Gasteiger partial charge in [0.2, 0.25) is 0 Å². The smallest absolute Gasteiger partial charge is 0.307 e. The first-order valence-electron chi connectivity index (χ1n) is 5.44. The predicted molar refractivity (Wildman–Crippen MR) is 75.9 cm³/mol. The van der Waals surface area contributed by atoms with Gasteiger partial charge < -0.3 is 5.11 Å². The molecule has 18 heavy (non-hydrogen) atoms. The molecule has 0 heterocycles. The zero-order valence-electron chi connectivity index (χ0n) is 9.58. The first-order valence-corrected chi connectivity index (χ1v) is 7.59. The molecule has 0 aromatic heterocycles. The summed E-state index contributed by atoms with van der Waals surface area (Å²) in [4.78, 5) is 12.9. The van der Waals surface area contributed by atoms with E-state index in [1.165, 1.54) is 4.90 Å². The lowest BCUT2D eigenvalue weighted by Crippen LogP contribution is -1.99. The van der Waals surface area contributed by atoms with Gasteiger partial charge in [0, 0.05) is 9.79 Å². The van der Waals surface area contributed by atoms with Crippen molar-refractivity contribution < 1.29 is 9.90 Å². The van der Waals surface area contributed by atoms with Crippen LogP contribution in [-0.2, 0) is 11.2 Å². The van der Waals surface area contributed by atoms with Gasteiger partial charge in [0.25, 0.3) is 0 Å². The molecule has 92 valence electrons. The summed E-state index contributed by atoms with van der Waals surface area (Å²) in [5, 5.41) is 8.68. The number of carbonyl (C=O) groups is 1. The summed E-state index contributed by atoms with van der Waals surface area (Å²) in [6.07, 6.45) is 0.0801. The maximum absolute atomic E-state index is 10.6. The lowest BCUT2D eigenvalue weighted by atomic mass is 10.2. The standard InChI is InChI=1S/C14H12O2S2/c15-14(16)10-11-6-8-13(9-7-11)18-17-12-4-2-1-3-5-12/h1-9H,10H2,(H,15,16). The van der Waals surface area contributed by atoms with Crippen LogP contribution in [0.25, 0.3) is 0 Å². The van der Waals surface area contributed by atoms with Crippen molar-refractivity contribution in [2.24, 2.45) is 0 Å². The second-order valence-corrected chi connectivity index (χ2v) is 5.97. The van der Waals surface area contributed by atoms with E-state index in [0.29, 0.717) is 0 Å². The van der Waals surface area contributed by atoms with Crippen LogP contribution in [0.1, 0.15) is 5.56 Å². The van der Waals surface area contributed by atoms with Gasteiger partial charge in [0.05, 0.1) is 6.42 Å². The van der Waals surface area contributed by atoms with Crippen molar-refractivity contribution in [3.05, 3.63) is 60.2 Å². The summed E-state index contributed by atoms with van der Waals surface area (Å²) in [5.74, 6) is -0.797. The maximum Gasteiger partial charge on any atom is 0.307 e. The topological polar surface area (TPSA) is 37.3 Å². The normalized spacial score (nSPS) is 10.2. The number of carboxylic acid groups (broad SMARTS) is 1. The van der Waals surface area contributed by atoms with Crippen LogP contribution in [0.15, 0.2) is 64.4 Å². The molecule has 4 heteroatoms. The third kappa shape index (κ3) is 4.13. The van der Waals surface area contributed by atoms with Gasteiger partial charge >= 0.3 is 5.97 Å². The second-order valence-electron chi connectivity index (χ2n) is 3.69. The Hall–Kier alpha value is -1.39. The third-order valence-electron chi connectivity index (χ3n) is 2.26. The lowest BCUT2D eigenvalue weighted by molar-refractivity contribution is -0.136. The van der Waals surface area contributed by atoms with Crippen molar-refractivity contribution in [3.8, 4) is 0 Å². The highest BCUT2D eigenvalue weighted by Gasteiger charge is 2.01. The molecule has 0 bridgehead atoms. The minimum absolute atomic E-state index is 0.0801. The molecule has 2 rings (SSSR count). The minimum atomic E-state index is -0.797. The molecule has 2 aromatic carbocycles. The van der Waals surface area contributed by atoms with Gasteiger partial charge in [0.15, 0.2) is 0 Å². The molecule has 0 fully saturated rings. The Morgan fingerprint density at radius 1 is 0.889 bits per heavy atom. The van der Waals surface area contributed by atoms with Crippen molar-refractivity contribution in [1.82, 2.24) is 0 Å². The molecule has 0 aliphatic heterocycles. The van der Waals surface area contributed by atoms with Crippen molar-refractivity contribution >= 4 is 27.6 Å². The van der Waals surface area contributed by atoms with E-state index < -0.39 is 5.97 Å². The Kier molecular flexibility index (Phi) is 4.73. The Morgan fingerprint density at radius 2 is 1.44 bits per heavy atom. The molecular formula is C14H12O2S2. The Balaban J connectivity index is 1.92. The molecule has 0 atom stereocenters. The summed E-state index contributed by atoms with van der Waals surface area (Å²) in [6.45, 7) is 0. The van der Waals surface area contributed by atoms with Gasteiger partial charge in [-0.05, 0) is 29.8 Å². The van der Waals surface area contributed by atoms with Crippen molar-refractivity contribution in [1.29, 1.82) is 0 Å². The van der Waals surface area contributed by atoms with Gasteiger partial charge in [-0.3, -0.25) is 4.79 Å². The van der Waals surface area contributed by atoms with Gasteiger partial charge in [-0.25, -0.2) is 0 Å². The summed E-state index contributed by atoms with van der Waals surface area (Å²) >= 11 is 0. The second kappa shape index (κ2) is 6.52. The highest BCUT2D eigenvalue weighted by molar-refractivity contribution is 8.76. The van der Waals surface area contributed by atoms with E-state index >= 15 is 0 Å². The van der Waals surface area contributed by atoms with Crippen molar-refractivity contribution in [2.75, 3.05) is 0 Å². The van der Waals surface area contributed by atoms with Crippen LogP contribution in [0, 0.1) is 0 Å². The quantitative estimate of drug-likeness (QED) is 0.834. The first-order chi connectivity index (χ1) is 8.74. The Bertz CT molecular complexity index is 509.